The molecular weight excluding hydrogens is 443 g/mol. The molecule has 0 amide bonds. The van der Waals surface area contributed by atoms with Crippen LogP contribution in [-0.2, 0) is 0 Å². The summed E-state index contributed by atoms with van der Waals surface area (Å²) in [6.45, 7) is 0. The maximum absolute atomic E-state index is 13.1. The molecule has 3 aromatic rings. The lowest BCUT2D eigenvalue weighted by molar-refractivity contribution is 0.0957. The molecule has 5 rings (SSSR count). The summed E-state index contributed by atoms with van der Waals surface area (Å²) in [7, 11) is 0. The topological polar surface area (TPSA) is 34.1 Å². The van der Waals surface area contributed by atoms with Crippen LogP contribution in [0.4, 0.5) is 4.39 Å². The Kier molecular flexibility index (Phi) is 4.90. The van der Waals surface area contributed by atoms with E-state index in [1.54, 1.807) is 12.1 Å². The minimum absolute atomic E-state index is 0.0195. The highest BCUT2D eigenvalue weighted by Crippen LogP contribution is 2.52. The van der Waals surface area contributed by atoms with E-state index in [-0.39, 0.29) is 41.1 Å². The Bertz CT molecular complexity index is 1010. The summed E-state index contributed by atoms with van der Waals surface area (Å²) in [5.74, 6) is 0.531. The number of carbonyl (C=O) groups excluding carboxylic acids is 2. The van der Waals surface area contributed by atoms with Crippen LogP contribution in [0, 0.1) is 17.7 Å². The van der Waals surface area contributed by atoms with Gasteiger partial charge in [-0.15, -0.1) is 0 Å². The minimum Gasteiger partial charge on any atom is -0.294 e. The van der Waals surface area contributed by atoms with Crippen LogP contribution in [0.15, 0.2) is 77.3 Å². The van der Waals surface area contributed by atoms with Gasteiger partial charge in [-0.25, -0.2) is 4.39 Å². The van der Waals surface area contributed by atoms with E-state index >= 15 is 0 Å². The summed E-state index contributed by atoms with van der Waals surface area (Å²) in [6, 6.07) is 21.7. The van der Waals surface area contributed by atoms with Crippen molar-refractivity contribution < 1.29 is 14.0 Å². The van der Waals surface area contributed by atoms with E-state index in [0.29, 0.717) is 5.56 Å². The average Bonchev–Trinajstić information content (AvgIpc) is 3.68. The quantitative estimate of drug-likeness (QED) is 0.388. The van der Waals surface area contributed by atoms with Gasteiger partial charge < -0.3 is 0 Å². The van der Waals surface area contributed by atoms with Gasteiger partial charge in [-0.2, -0.15) is 0 Å². The zero-order valence-corrected chi connectivity index (χ0v) is 17.8. The van der Waals surface area contributed by atoms with Gasteiger partial charge in [-0.3, -0.25) is 9.59 Å². The largest absolute Gasteiger partial charge is 0.294 e. The van der Waals surface area contributed by atoms with E-state index in [1.807, 2.05) is 24.3 Å². The third-order valence-corrected chi connectivity index (χ3v) is 6.83. The first-order valence-electron chi connectivity index (χ1n) is 10.2. The van der Waals surface area contributed by atoms with Gasteiger partial charge in [0.15, 0.2) is 11.6 Å². The van der Waals surface area contributed by atoms with Gasteiger partial charge in [-0.1, -0.05) is 52.3 Å². The van der Waals surface area contributed by atoms with Crippen LogP contribution in [0.25, 0.3) is 0 Å². The van der Waals surface area contributed by atoms with Gasteiger partial charge in [0.05, 0.1) is 0 Å². The fourth-order valence-electron chi connectivity index (χ4n) is 4.35. The SMILES string of the molecule is O=C(c1ccc(F)cc1)[C@H]1C[C@H]1c1ccc([C@@H]2C[C@@H]2C(=O)c2ccc(Br)cc2)cc1. The molecule has 30 heavy (non-hydrogen) atoms. The van der Waals surface area contributed by atoms with Crippen molar-refractivity contribution >= 4 is 27.5 Å². The second kappa shape index (κ2) is 7.59. The molecule has 4 heteroatoms. The van der Waals surface area contributed by atoms with Crippen molar-refractivity contribution in [2.24, 2.45) is 11.8 Å². The predicted octanol–water partition coefficient (Wildman–Crippen LogP) is 6.56. The monoisotopic (exact) mass is 462 g/mol. The zero-order chi connectivity index (χ0) is 20.8. The Morgan fingerprint density at radius 2 is 1.07 bits per heavy atom. The Morgan fingerprint density at radius 1 is 0.667 bits per heavy atom. The Labute approximate surface area is 183 Å². The summed E-state index contributed by atoms with van der Waals surface area (Å²) >= 11 is 3.40. The zero-order valence-electron chi connectivity index (χ0n) is 16.2. The van der Waals surface area contributed by atoms with Crippen molar-refractivity contribution in [3.63, 3.8) is 0 Å². The standard InChI is InChI=1S/C26H20BrFO2/c27-19-9-5-17(6-10-19)25(29)23-13-21(23)15-1-3-16(4-2-15)22-14-24(22)26(30)18-7-11-20(28)12-8-18/h1-12,21-24H,13-14H2/t21-,22-,23-,24-/m0/s1. The molecule has 150 valence electrons. The predicted molar refractivity (Wildman–Crippen MR) is 117 cm³/mol. The lowest BCUT2D eigenvalue weighted by atomic mass is 9.99. The molecule has 2 saturated carbocycles. The van der Waals surface area contributed by atoms with E-state index < -0.39 is 0 Å². The van der Waals surface area contributed by atoms with Crippen molar-refractivity contribution in [3.8, 4) is 0 Å². The first-order chi connectivity index (χ1) is 14.5. The molecule has 0 aliphatic heterocycles. The molecule has 0 N–H and O–H groups in total. The van der Waals surface area contributed by atoms with Gasteiger partial charge in [0.2, 0.25) is 0 Å². The molecule has 0 bridgehead atoms. The highest BCUT2D eigenvalue weighted by atomic mass is 79.9. The molecule has 0 saturated heterocycles. The molecule has 4 atom stereocenters. The highest BCUT2D eigenvalue weighted by Gasteiger charge is 2.46. The maximum atomic E-state index is 13.1. The molecular formula is C26H20BrFO2. The van der Waals surface area contributed by atoms with E-state index in [4.69, 9.17) is 0 Å². The summed E-state index contributed by atoms with van der Waals surface area (Å²) in [4.78, 5) is 25.3. The Morgan fingerprint density at radius 3 is 1.50 bits per heavy atom. The normalized spacial score (nSPS) is 24.3. The van der Waals surface area contributed by atoms with Crippen molar-refractivity contribution in [3.05, 3.63) is 105 Å². The van der Waals surface area contributed by atoms with Crippen LogP contribution in [0.1, 0.15) is 56.5 Å². The fraction of sp³-hybridized carbons (Fsp3) is 0.231. The van der Waals surface area contributed by atoms with E-state index in [9.17, 15) is 14.0 Å². The lowest BCUT2D eigenvalue weighted by Crippen LogP contribution is -2.03. The molecule has 2 aliphatic rings. The molecule has 3 aromatic carbocycles. The first-order valence-corrected chi connectivity index (χ1v) is 11.0. The molecule has 0 unspecified atom stereocenters. The van der Waals surface area contributed by atoms with Gasteiger partial charge in [0.1, 0.15) is 5.82 Å². The third kappa shape index (κ3) is 3.77. The van der Waals surface area contributed by atoms with Crippen LogP contribution in [-0.4, -0.2) is 11.6 Å². The number of hydrogen-bond donors (Lipinski definition) is 0. The summed E-state index contributed by atoms with van der Waals surface area (Å²) in [5.41, 5.74) is 3.70. The van der Waals surface area contributed by atoms with Crippen LogP contribution < -0.4 is 0 Å². The van der Waals surface area contributed by atoms with Crippen LogP contribution in [0.3, 0.4) is 0 Å². The lowest BCUT2D eigenvalue weighted by Gasteiger charge is -2.05. The number of benzene rings is 3. The highest BCUT2D eigenvalue weighted by molar-refractivity contribution is 9.10. The van der Waals surface area contributed by atoms with E-state index in [0.717, 1.165) is 28.4 Å². The Balaban J connectivity index is 1.22. The first kappa shape index (κ1) is 19.4. The third-order valence-electron chi connectivity index (χ3n) is 6.30. The second-order valence-corrected chi connectivity index (χ2v) is 9.22. The van der Waals surface area contributed by atoms with Crippen LogP contribution >= 0.6 is 15.9 Å². The molecule has 2 nitrogen and oxygen atoms in total. The number of ketones is 2. The average molecular weight is 463 g/mol. The van der Waals surface area contributed by atoms with Crippen molar-refractivity contribution in [1.29, 1.82) is 0 Å². The van der Waals surface area contributed by atoms with Gasteiger partial charge >= 0.3 is 0 Å². The number of carbonyl (C=O) groups is 2. The maximum Gasteiger partial charge on any atom is 0.166 e. The van der Waals surface area contributed by atoms with Gasteiger partial charge in [0, 0.05) is 27.4 Å². The molecule has 0 radical (unpaired) electrons. The van der Waals surface area contributed by atoms with Crippen molar-refractivity contribution in [1.82, 2.24) is 0 Å². The molecule has 2 aliphatic carbocycles. The van der Waals surface area contributed by atoms with Crippen LogP contribution in [0.2, 0.25) is 0 Å². The number of rotatable bonds is 6. The molecule has 0 aromatic heterocycles. The molecule has 2 fully saturated rings. The summed E-state index contributed by atoms with van der Waals surface area (Å²) < 4.78 is 14.0. The van der Waals surface area contributed by atoms with E-state index in [2.05, 4.69) is 40.2 Å². The van der Waals surface area contributed by atoms with E-state index in [1.165, 1.54) is 17.7 Å². The van der Waals surface area contributed by atoms with Crippen molar-refractivity contribution in [2.75, 3.05) is 0 Å². The number of hydrogen-bond acceptors (Lipinski definition) is 2. The number of Topliss-reactive ketones (excluding diaryl/α,β-unsaturated/α-hetero) is 2. The smallest absolute Gasteiger partial charge is 0.166 e. The minimum atomic E-state index is -0.327. The molecule has 0 heterocycles. The van der Waals surface area contributed by atoms with Gasteiger partial charge in [0.25, 0.3) is 0 Å². The van der Waals surface area contributed by atoms with Crippen LogP contribution in [0.5, 0.6) is 0 Å². The summed E-state index contributed by atoms with van der Waals surface area (Å²) in [5, 5.41) is 0. The second-order valence-electron chi connectivity index (χ2n) is 8.31. The number of halogens is 2. The summed E-state index contributed by atoms with van der Waals surface area (Å²) in [6.07, 6.45) is 1.73. The fourth-order valence-corrected chi connectivity index (χ4v) is 4.62. The van der Waals surface area contributed by atoms with Gasteiger partial charge in [-0.05, 0) is 72.2 Å². The Hall–Kier alpha value is -2.59. The molecule has 0 spiro atoms. The van der Waals surface area contributed by atoms with Crippen molar-refractivity contribution in [2.45, 2.75) is 24.7 Å².